The number of fused-ring (bicyclic) bond motifs is 2. The molecule has 0 aliphatic rings. The third-order valence-electron chi connectivity index (χ3n) is 4.03. The fraction of sp³-hybridized carbons (Fsp3) is 0. The first-order chi connectivity index (χ1) is 13.2. The molecule has 0 atom stereocenters. The maximum atomic E-state index is 5.69. The number of pyridine rings is 1. The smallest absolute Gasteiger partial charge is 0.231 e. The normalized spacial score (nSPS) is 11.1. The third kappa shape index (κ3) is 3.08. The Hall–Kier alpha value is -3.46. The number of hydrogen-bond donors (Lipinski definition) is 3. The Morgan fingerprint density at radius 2 is 1.96 bits per heavy atom. The Morgan fingerprint density at radius 3 is 2.85 bits per heavy atom. The molecule has 7 nitrogen and oxygen atoms in total. The summed E-state index contributed by atoms with van der Waals surface area (Å²) in [5, 5.41) is 16.5. The van der Waals surface area contributed by atoms with Gasteiger partial charge in [-0.15, -0.1) is 11.3 Å². The van der Waals surface area contributed by atoms with Gasteiger partial charge in [0, 0.05) is 17.3 Å². The molecule has 9 heteroatoms. The molecular weight excluding hydrogens is 357 g/mol. The van der Waals surface area contributed by atoms with E-state index in [-0.39, 0.29) is 0 Å². The maximum absolute atomic E-state index is 5.69. The topological polar surface area (TPSA) is 91.4 Å². The lowest BCUT2D eigenvalue weighted by Crippen LogP contribution is -2.06. The van der Waals surface area contributed by atoms with E-state index in [0.29, 0.717) is 17.2 Å². The lowest BCUT2D eigenvalue weighted by molar-refractivity contribution is 1.12. The maximum Gasteiger partial charge on any atom is 0.231 e. The van der Waals surface area contributed by atoms with Crippen LogP contribution >= 0.6 is 11.3 Å². The van der Waals surface area contributed by atoms with Crippen LogP contribution in [0.4, 0.5) is 23.3 Å². The zero-order valence-corrected chi connectivity index (χ0v) is 14.8. The van der Waals surface area contributed by atoms with Gasteiger partial charge in [0.2, 0.25) is 5.95 Å². The van der Waals surface area contributed by atoms with Crippen molar-refractivity contribution in [2.75, 3.05) is 10.6 Å². The summed E-state index contributed by atoms with van der Waals surface area (Å²) in [6.45, 7) is 0. The van der Waals surface area contributed by atoms with Gasteiger partial charge in [0.15, 0.2) is 5.82 Å². The van der Waals surface area contributed by atoms with Gasteiger partial charge < -0.3 is 10.6 Å². The summed E-state index contributed by atoms with van der Waals surface area (Å²) in [6.07, 6.45) is 3.38. The molecule has 0 spiro atoms. The molecule has 3 N–H and O–H groups in total. The summed E-state index contributed by atoms with van der Waals surface area (Å²) in [7, 11) is 5.69. The fourth-order valence-corrected chi connectivity index (χ4v) is 3.53. The first kappa shape index (κ1) is 15.8. The molecular formula is C18H12BN7S. The minimum absolute atomic E-state index is 0.463. The Labute approximate surface area is 159 Å². The lowest BCUT2D eigenvalue weighted by Gasteiger charge is -2.10. The van der Waals surface area contributed by atoms with Gasteiger partial charge in [-0.05, 0) is 35.7 Å². The van der Waals surface area contributed by atoms with Crippen LogP contribution in [0.25, 0.3) is 21.1 Å². The highest BCUT2D eigenvalue weighted by Gasteiger charge is 2.11. The van der Waals surface area contributed by atoms with Crippen molar-refractivity contribution in [3.63, 3.8) is 0 Å². The van der Waals surface area contributed by atoms with E-state index in [1.54, 1.807) is 35.9 Å². The number of H-pyrrole nitrogens is 1. The van der Waals surface area contributed by atoms with Crippen LogP contribution < -0.4 is 16.1 Å². The van der Waals surface area contributed by atoms with Crippen molar-refractivity contribution in [3.8, 4) is 0 Å². The number of hydrogen-bond acceptors (Lipinski definition) is 7. The molecule has 0 bridgehead atoms. The Balaban J connectivity index is 1.52. The summed E-state index contributed by atoms with van der Waals surface area (Å²) < 4.78 is 0.984. The molecule has 4 heterocycles. The van der Waals surface area contributed by atoms with Crippen LogP contribution in [0.5, 0.6) is 0 Å². The van der Waals surface area contributed by atoms with E-state index in [9.17, 15) is 0 Å². The van der Waals surface area contributed by atoms with E-state index in [4.69, 9.17) is 7.85 Å². The van der Waals surface area contributed by atoms with Crippen molar-refractivity contribution in [3.05, 3.63) is 54.2 Å². The van der Waals surface area contributed by atoms with Crippen molar-refractivity contribution in [2.45, 2.75) is 0 Å². The number of thiophene rings is 1. The van der Waals surface area contributed by atoms with Crippen molar-refractivity contribution in [1.82, 2.24) is 25.1 Å². The molecule has 2 radical (unpaired) electrons. The predicted molar refractivity (Wildman–Crippen MR) is 110 cm³/mol. The number of rotatable bonds is 4. The molecule has 0 amide bonds. The van der Waals surface area contributed by atoms with Crippen molar-refractivity contribution < 1.29 is 0 Å². The second kappa shape index (κ2) is 6.37. The molecule has 0 saturated carbocycles. The molecule has 0 saturated heterocycles. The Bertz CT molecular complexity index is 1250. The monoisotopic (exact) mass is 369 g/mol. The molecule has 0 aliphatic heterocycles. The zero-order chi connectivity index (χ0) is 18.2. The van der Waals surface area contributed by atoms with Crippen LogP contribution in [-0.2, 0) is 0 Å². The zero-order valence-electron chi connectivity index (χ0n) is 14.0. The minimum atomic E-state index is 0.463. The minimum Gasteiger partial charge on any atom is -0.339 e. The number of anilines is 4. The molecule has 0 aliphatic carbocycles. The van der Waals surface area contributed by atoms with E-state index in [1.165, 1.54) is 0 Å². The van der Waals surface area contributed by atoms with Crippen LogP contribution in [0.3, 0.4) is 0 Å². The van der Waals surface area contributed by atoms with E-state index in [2.05, 4.69) is 35.8 Å². The summed E-state index contributed by atoms with van der Waals surface area (Å²) >= 11 is 1.59. The van der Waals surface area contributed by atoms with E-state index < -0.39 is 0 Å². The van der Waals surface area contributed by atoms with E-state index in [0.717, 1.165) is 32.6 Å². The first-order valence-electron chi connectivity index (χ1n) is 8.18. The lowest BCUT2D eigenvalue weighted by atomic mass is 9.99. The van der Waals surface area contributed by atoms with Gasteiger partial charge in [-0.3, -0.25) is 5.10 Å². The van der Waals surface area contributed by atoms with Crippen LogP contribution in [0.15, 0.2) is 54.2 Å². The summed E-state index contributed by atoms with van der Waals surface area (Å²) in [5.74, 6) is 1.82. The second-order valence-electron chi connectivity index (χ2n) is 5.93. The molecule has 5 rings (SSSR count). The number of nitrogens with zero attached hydrogens (tertiary/aromatic N) is 4. The van der Waals surface area contributed by atoms with Crippen molar-refractivity contribution in [2.24, 2.45) is 0 Å². The van der Waals surface area contributed by atoms with Crippen LogP contribution in [0.2, 0.25) is 0 Å². The fourth-order valence-electron chi connectivity index (χ4n) is 2.76. The molecule has 1 aromatic carbocycles. The van der Waals surface area contributed by atoms with Crippen LogP contribution in [0.1, 0.15) is 0 Å². The molecule has 128 valence electrons. The van der Waals surface area contributed by atoms with Crippen molar-refractivity contribution in [1.29, 1.82) is 0 Å². The van der Waals surface area contributed by atoms with Gasteiger partial charge in [0.1, 0.15) is 13.7 Å². The summed E-state index contributed by atoms with van der Waals surface area (Å²) in [4.78, 5) is 13.4. The number of benzene rings is 1. The quantitative estimate of drug-likeness (QED) is 0.421. The van der Waals surface area contributed by atoms with Gasteiger partial charge in [0.05, 0.1) is 21.9 Å². The van der Waals surface area contributed by atoms with Crippen molar-refractivity contribution >= 4 is 69.0 Å². The second-order valence-corrected chi connectivity index (χ2v) is 6.85. The summed E-state index contributed by atoms with van der Waals surface area (Å²) in [5.41, 5.74) is 3.38. The highest BCUT2D eigenvalue weighted by atomic mass is 32.1. The van der Waals surface area contributed by atoms with Gasteiger partial charge in [-0.25, -0.2) is 9.97 Å². The number of aromatic amines is 1. The van der Waals surface area contributed by atoms with Gasteiger partial charge in [-0.2, -0.15) is 10.1 Å². The highest BCUT2D eigenvalue weighted by molar-refractivity contribution is 7.17. The SMILES string of the molecule is [B]c1ccc(Nc2nc(Nc3ccc4[nH]ncc4c3)c3sccc3n2)nc1. The molecule has 27 heavy (non-hydrogen) atoms. The highest BCUT2D eigenvalue weighted by Crippen LogP contribution is 2.30. The number of nitrogens with one attached hydrogen (secondary N) is 3. The van der Waals surface area contributed by atoms with E-state index >= 15 is 0 Å². The van der Waals surface area contributed by atoms with E-state index in [1.807, 2.05) is 29.6 Å². The van der Waals surface area contributed by atoms with Gasteiger partial charge in [0.25, 0.3) is 0 Å². The Morgan fingerprint density at radius 1 is 1.00 bits per heavy atom. The molecule has 0 fully saturated rings. The van der Waals surface area contributed by atoms with Crippen LogP contribution in [-0.4, -0.2) is 33.0 Å². The largest absolute Gasteiger partial charge is 0.339 e. The molecule has 0 unspecified atom stereocenters. The predicted octanol–water partition coefficient (Wildman–Crippen LogP) is 3.24. The summed E-state index contributed by atoms with van der Waals surface area (Å²) in [6, 6.07) is 11.5. The number of aromatic nitrogens is 5. The average molecular weight is 369 g/mol. The molecule has 4 aromatic heterocycles. The van der Waals surface area contributed by atoms with Gasteiger partial charge in [-0.1, -0.05) is 11.5 Å². The Kier molecular flexibility index (Phi) is 3.72. The van der Waals surface area contributed by atoms with Crippen LogP contribution in [0, 0.1) is 0 Å². The average Bonchev–Trinajstić information content (AvgIpc) is 3.32. The van der Waals surface area contributed by atoms with Gasteiger partial charge >= 0.3 is 0 Å². The molecule has 5 aromatic rings. The first-order valence-corrected chi connectivity index (χ1v) is 9.06. The third-order valence-corrected chi connectivity index (χ3v) is 4.94. The standard InChI is InChI=1S/C18H12BN7S/c19-11-1-4-15(20-9-11)24-18-23-14-5-6-27-16(14)17(25-18)22-12-2-3-13-10(7-12)8-21-26-13/h1-9H,(H,21,26)(H2,20,22,23,24,25).